The zero-order chi connectivity index (χ0) is 22.3. The molecule has 162 valence electrons. The number of carbonyl (C=O) groups excluding carboxylic acids is 1. The lowest BCUT2D eigenvalue weighted by molar-refractivity contribution is -0.123. The molecule has 0 aliphatic carbocycles. The molecule has 1 amide bonds. The number of hydrogen-bond donors (Lipinski definition) is 2. The summed E-state index contributed by atoms with van der Waals surface area (Å²) < 4.78 is 38.1. The minimum Gasteiger partial charge on any atom is -0.497 e. The maximum absolute atomic E-state index is 12.6. The maximum Gasteiger partial charge on any atom is 0.261 e. The lowest BCUT2D eigenvalue weighted by atomic mass is 10.3. The van der Waals surface area contributed by atoms with E-state index in [2.05, 4.69) is 15.0 Å². The summed E-state index contributed by atoms with van der Waals surface area (Å²) in [5.41, 5.74) is 1.09. The highest BCUT2D eigenvalue weighted by atomic mass is 35.5. The highest BCUT2D eigenvalue weighted by molar-refractivity contribution is 7.92. The van der Waals surface area contributed by atoms with Gasteiger partial charge in [-0.25, -0.2) is 8.42 Å². The van der Waals surface area contributed by atoms with E-state index in [9.17, 15) is 13.2 Å². The molecule has 0 unspecified atom stereocenters. The van der Waals surface area contributed by atoms with E-state index in [1.165, 1.54) is 25.3 Å². The van der Waals surface area contributed by atoms with Crippen molar-refractivity contribution < 1.29 is 22.7 Å². The van der Waals surface area contributed by atoms with Crippen LogP contribution in [0, 0.1) is 0 Å². The van der Waals surface area contributed by atoms with Crippen LogP contribution in [0.2, 0.25) is 5.02 Å². The Morgan fingerprint density at radius 1 is 1.10 bits per heavy atom. The average Bonchev–Trinajstić information content (AvgIpc) is 2.77. The Hall–Kier alpha value is -3.30. The van der Waals surface area contributed by atoms with Crippen LogP contribution in [-0.2, 0) is 21.4 Å². The van der Waals surface area contributed by atoms with Crippen molar-refractivity contribution in [2.45, 2.75) is 11.4 Å². The minimum atomic E-state index is -3.86. The molecule has 0 atom stereocenters. The van der Waals surface area contributed by atoms with Crippen molar-refractivity contribution >= 4 is 33.2 Å². The number of rotatable bonds is 9. The van der Waals surface area contributed by atoms with Gasteiger partial charge in [0.15, 0.2) is 6.61 Å². The van der Waals surface area contributed by atoms with E-state index in [0.29, 0.717) is 17.1 Å². The SMILES string of the molecule is COc1ccc(NS(=O)(=O)c2ccc(OCC(=O)NCc3ccccn3)c(Cl)c2)cc1. The van der Waals surface area contributed by atoms with Crippen LogP contribution in [0.15, 0.2) is 71.8 Å². The third kappa shape index (κ3) is 6.34. The van der Waals surface area contributed by atoms with Crippen LogP contribution < -0.4 is 19.5 Å². The number of carbonyl (C=O) groups is 1. The Labute approximate surface area is 185 Å². The van der Waals surface area contributed by atoms with E-state index in [0.717, 1.165) is 0 Å². The molecule has 0 saturated carbocycles. The van der Waals surface area contributed by atoms with Crippen molar-refractivity contribution in [3.8, 4) is 11.5 Å². The van der Waals surface area contributed by atoms with Gasteiger partial charge in [0, 0.05) is 11.9 Å². The number of ether oxygens (including phenoxy) is 2. The highest BCUT2D eigenvalue weighted by Gasteiger charge is 2.17. The summed E-state index contributed by atoms with van der Waals surface area (Å²) >= 11 is 6.16. The van der Waals surface area contributed by atoms with Gasteiger partial charge >= 0.3 is 0 Å². The topological polar surface area (TPSA) is 107 Å². The molecule has 8 nitrogen and oxygen atoms in total. The van der Waals surface area contributed by atoms with E-state index in [1.807, 2.05) is 6.07 Å². The van der Waals surface area contributed by atoms with Gasteiger partial charge in [-0.05, 0) is 54.6 Å². The second-order valence-corrected chi connectivity index (χ2v) is 8.40. The molecule has 1 heterocycles. The number of sulfonamides is 1. The maximum atomic E-state index is 12.6. The molecule has 3 aromatic rings. The fourth-order valence-electron chi connectivity index (χ4n) is 2.53. The van der Waals surface area contributed by atoms with Gasteiger partial charge < -0.3 is 14.8 Å². The second-order valence-electron chi connectivity index (χ2n) is 6.31. The quantitative estimate of drug-likeness (QED) is 0.506. The molecule has 1 aromatic heterocycles. The summed E-state index contributed by atoms with van der Waals surface area (Å²) in [4.78, 5) is 16.0. The molecule has 0 radical (unpaired) electrons. The number of pyridine rings is 1. The number of benzene rings is 2. The zero-order valence-electron chi connectivity index (χ0n) is 16.5. The largest absolute Gasteiger partial charge is 0.497 e. The van der Waals surface area contributed by atoms with Gasteiger partial charge in [-0.1, -0.05) is 17.7 Å². The standard InChI is InChI=1S/C21H20ClN3O5S/c1-29-17-7-5-15(6-8-17)25-31(27,28)18-9-10-20(19(22)12-18)30-14-21(26)24-13-16-4-2-3-11-23-16/h2-12,25H,13-14H2,1H3,(H,24,26). The summed E-state index contributed by atoms with van der Waals surface area (Å²) in [5, 5.41) is 2.74. The number of anilines is 1. The molecule has 2 N–H and O–H groups in total. The number of nitrogens with one attached hydrogen (secondary N) is 2. The van der Waals surface area contributed by atoms with Crippen LogP contribution in [0.3, 0.4) is 0 Å². The molecule has 0 saturated heterocycles. The van der Waals surface area contributed by atoms with Crippen molar-refractivity contribution in [1.29, 1.82) is 0 Å². The monoisotopic (exact) mass is 461 g/mol. The summed E-state index contributed by atoms with van der Waals surface area (Å²) in [6, 6.07) is 15.8. The van der Waals surface area contributed by atoms with Crippen LogP contribution in [0.1, 0.15) is 5.69 Å². The van der Waals surface area contributed by atoms with E-state index >= 15 is 0 Å². The highest BCUT2D eigenvalue weighted by Crippen LogP contribution is 2.28. The van der Waals surface area contributed by atoms with Crippen LogP contribution >= 0.6 is 11.6 Å². The predicted octanol–water partition coefficient (Wildman–Crippen LogP) is 3.24. The first-order valence-corrected chi connectivity index (χ1v) is 11.0. The number of methoxy groups -OCH3 is 1. The van der Waals surface area contributed by atoms with Crippen LogP contribution in [-0.4, -0.2) is 33.0 Å². The smallest absolute Gasteiger partial charge is 0.261 e. The summed E-state index contributed by atoms with van der Waals surface area (Å²) in [6.45, 7) is -0.00622. The molecule has 10 heteroatoms. The van der Waals surface area contributed by atoms with Gasteiger partial charge in [0.05, 0.1) is 29.3 Å². The number of aromatic nitrogens is 1. The zero-order valence-corrected chi connectivity index (χ0v) is 18.1. The first-order chi connectivity index (χ1) is 14.9. The van der Waals surface area contributed by atoms with Gasteiger partial charge in [0.2, 0.25) is 0 Å². The Morgan fingerprint density at radius 2 is 1.87 bits per heavy atom. The molecule has 0 spiro atoms. The van der Waals surface area contributed by atoms with Crippen molar-refractivity contribution in [2.24, 2.45) is 0 Å². The predicted molar refractivity (Wildman–Crippen MR) is 117 cm³/mol. The normalized spacial score (nSPS) is 10.9. The Kier molecular flexibility index (Phi) is 7.32. The van der Waals surface area contributed by atoms with Gasteiger partial charge in [-0.15, -0.1) is 0 Å². The summed E-state index contributed by atoms with van der Waals surface area (Å²) in [6.07, 6.45) is 1.64. The molecule has 31 heavy (non-hydrogen) atoms. The van der Waals surface area contributed by atoms with Crippen LogP contribution in [0.4, 0.5) is 5.69 Å². The van der Waals surface area contributed by atoms with E-state index in [4.69, 9.17) is 21.1 Å². The first kappa shape index (κ1) is 22.4. The fourth-order valence-corrected chi connectivity index (χ4v) is 3.91. The third-order valence-electron chi connectivity index (χ3n) is 4.11. The molecular formula is C21H20ClN3O5S. The van der Waals surface area contributed by atoms with Crippen LogP contribution in [0.5, 0.6) is 11.5 Å². The molecule has 0 bridgehead atoms. The molecule has 0 fully saturated rings. The van der Waals surface area contributed by atoms with Crippen molar-refractivity contribution in [3.05, 3.63) is 77.6 Å². The Bertz CT molecular complexity index is 1140. The van der Waals surface area contributed by atoms with Crippen molar-refractivity contribution in [2.75, 3.05) is 18.4 Å². The van der Waals surface area contributed by atoms with E-state index in [1.54, 1.807) is 42.6 Å². The molecular weight excluding hydrogens is 442 g/mol. The Morgan fingerprint density at radius 3 is 2.52 bits per heavy atom. The van der Waals surface area contributed by atoms with Gasteiger partial charge in [-0.3, -0.25) is 14.5 Å². The van der Waals surface area contributed by atoms with Crippen LogP contribution in [0.25, 0.3) is 0 Å². The number of amides is 1. The molecule has 0 aliphatic rings. The Balaban J connectivity index is 1.58. The number of nitrogens with zero attached hydrogens (tertiary/aromatic N) is 1. The first-order valence-electron chi connectivity index (χ1n) is 9.13. The number of hydrogen-bond acceptors (Lipinski definition) is 6. The second kappa shape index (κ2) is 10.1. The fraction of sp³-hybridized carbons (Fsp3) is 0.143. The minimum absolute atomic E-state index is 0.0414. The lowest BCUT2D eigenvalue weighted by Crippen LogP contribution is -2.28. The van der Waals surface area contributed by atoms with Gasteiger partial charge in [0.1, 0.15) is 11.5 Å². The lowest BCUT2D eigenvalue weighted by Gasteiger charge is -2.12. The summed E-state index contributed by atoms with van der Waals surface area (Å²) in [7, 11) is -2.34. The van der Waals surface area contributed by atoms with Gasteiger partial charge in [0.25, 0.3) is 15.9 Å². The molecule has 3 rings (SSSR count). The number of halogens is 1. The molecule has 0 aliphatic heterocycles. The van der Waals surface area contributed by atoms with E-state index < -0.39 is 10.0 Å². The van der Waals surface area contributed by atoms with Crippen molar-refractivity contribution in [1.82, 2.24) is 10.3 Å². The average molecular weight is 462 g/mol. The van der Waals surface area contributed by atoms with Crippen molar-refractivity contribution in [3.63, 3.8) is 0 Å². The summed E-state index contributed by atoms with van der Waals surface area (Å²) in [5.74, 6) is 0.439. The van der Waals surface area contributed by atoms with E-state index in [-0.39, 0.29) is 34.7 Å². The third-order valence-corrected chi connectivity index (χ3v) is 5.78. The van der Waals surface area contributed by atoms with Gasteiger partial charge in [-0.2, -0.15) is 0 Å². The molecule has 2 aromatic carbocycles.